The van der Waals surface area contributed by atoms with E-state index in [0.29, 0.717) is 5.82 Å². The van der Waals surface area contributed by atoms with Gasteiger partial charge in [-0.05, 0) is 36.8 Å². The van der Waals surface area contributed by atoms with Gasteiger partial charge < -0.3 is 4.84 Å². The number of aromatic nitrogens is 4. The molecule has 1 aliphatic carbocycles. The number of fused-ring (bicyclic) bond motifs is 5. The first-order chi connectivity index (χ1) is 13.4. The van der Waals surface area contributed by atoms with Crippen LogP contribution in [0.5, 0.6) is 0 Å². The molecule has 1 aromatic carbocycles. The topological polar surface area (TPSA) is 64.7 Å². The van der Waals surface area contributed by atoms with Crippen LogP contribution in [-0.2, 0) is 24.3 Å². The van der Waals surface area contributed by atoms with Crippen molar-refractivity contribution in [2.45, 2.75) is 38.7 Å². The largest absolute Gasteiger partial charge is 0.387 e. The molecule has 0 atom stereocenters. The van der Waals surface area contributed by atoms with E-state index in [1.807, 2.05) is 41.7 Å². The van der Waals surface area contributed by atoms with Crippen LogP contribution in [0.25, 0.3) is 15.9 Å². The molecule has 7 heteroatoms. The van der Waals surface area contributed by atoms with Crippen LogP contribution < -0.4 is 0 Å². The molecule has 0 bridgehead atoms. The Labute approximate surface area is 160 Å². The number of benzene rings is 1. The normalized spacial score (nSPS) is 14.7. The zero-order valence-electron chi connectivity index (χ0n) is 14.8. The highest BCUT2D eigenvalue weighted by atomic mass is 32.1. The number of nitrogens with zero attached hydrogens (tertiary/aromatic N) is 5. The molecule has 0 aliphatic heterocycles. The minimum atomic E-state index is 0.235. The fourth-order valence-electron chi connectivity index (χ4n) is 3.57. The third kappa shape index (κ3) is 3.19. The van der Waals surface area contributed by atoms with E-state index in [0.717, 1.165) is 28.9 Å². The molecule has 0 saturated carbocycles. The highest BCUT2D eigenvalue weighted by Crippen LogP contribution is 2.36. The van der Waals surface area contributed by atoms with E-state index < -0.39 is 0 Å². The van der Waals surface area contributed by atoms with Gasteiger partial charge in [0.25, 0.3) is 0 Å². The Kier molecular flexibility index (Phi) is 4.29. The number of aryl methyl sites for hydroxylation is 2. The van der Waals surface area contributed by atoms with E-state index in [-0.39, 0.29) is 6.61 Å². The van der Waals surface area contributed by atoms with Crippen molar-refractivity contribution in [1.82, 2.24) is 19.6 Å². The maximum absolute atomic E-state index is 5.39. The molecule has 6 nitrogen and oxygen atoms in total. The Balaban J connectivity index is 1.42. The molecule has 0 fully saturated rings. The summed E-state index contributed by atoms with van der Waals surface area (Å²) in [4.78, 5) is 17.2. The van der Waals surface area contributed by atoms with Gasteiger partial charge in [0.05, 0.1) is 11.6 Å². The lowest BCUT2D eigenvalue weighted by Gasteiger charge is -1.98. The highest BCUT2D eigenvalue weighted by molar-refractivity contribution is 7.19. The van der Waals surface area contributed by atoms with Crippen LogP contribution in [0.4, 0.5) is 0 Å². The van der Waals surface area contributed by atoms with E-state index >= 15 is 0 Å². The Bertz CT molecular complexity index is 1120. The molecule has 0 saturated heterocycles. The van der Waals surface area contributed by atoms with Gasteiger partial charge in [-0.25, -0.2) is 14.5 Å². The summed E-state index contributed by atoms with van der Waals surface area (Å²) in [6, 6.07) is 9.85. The second kappa shape index (κ2) is 7.08. The molecule has 0 spiro atoms. The third-order valence-corrected chi connectivity index (χ3v) is 6.06. The molecular formula is C20H19N5OS. The van der Waals surface area contributed by atoms with Gasteiger partial charge in [-0.1, -0.05) is 41.9 Å². The van der Waals surface area contributed by atoms with Gasteiger partial charge in [-0.2, -0.15) is 0 Å². The lowest BCUT2D eigenvalue weighted by molar-refractivity contribution is 0.126. The fourth-order valence-corrected chi connectivity index (χ4v) is 4.79. The molecule has 1 aliphatic rings. The van der Waals surface area contributed by atoms with Crippen LogP contribution in [-0.4, -0.2) is 25.8 Å². The molecule has 3 heterocycles. The summed E-state index contributed by atoms with van der Waals surface area (Å²) < 4.78 is 1.76. The molecule has 5 rings (SSSR count). The highest BCUT2D eigenvalue weighted by Gasteiger charge is 2.19. The summed E-state index contributed by atoms with van der Waals surface area (Å²) in [6.45, 7) is 0.235. The summed E-state index contributed by atoms with van der Waals surface area (Å²) in [7, 11) is 0. The van der Waals surface area contributed by atoms with Crippen LogP contribution in [0, 0.1) is 0 Å². The lowest BCUT2D eigenvalue weighted by Crippen LogP contribution is -1.93. The van der Waals surface area contributed by atoms with Crippen LogP contribution in [0.3, 0.4) is 0 Å². The molecule has 0 N–H and O–H groups in total. The van der Waals surface area contributed by atoms with Gasteiger partial charge >= 0.3 is 0 Å². The Morgan fingerprint density at radius 3 is 2.96 bits per heavy atom. The van der Waals surface area contributed by atoms with Gasteiger partial charge in [-0.15, -0.1) is 16.4 Å². The summed E-state index contributed by atoms with van der Waals surface area (Å²) in [6.07, 6.45) is 9.49. The van der Waals surface area contributed by atoms with E-state index in [1.54, 1.807) is 17.1 Å². The molecule has 27 heavy (non-hydrogen) atoms. The number of hydrogen-bond acceptors (Lipinski definition) is 6. The second-order valence-electron chi connectivity index (χ2n) is 6.70. The number of oxime groups is 1. The SMILES string of the molecule is C(=N/OCc1nc2c3c4c(sc3ncn2n1)CCCCC4)/c1ccccc1. The number of thiophene rings is 1. The first-order valence-corrected chi connectivity index (χ1v) is 10.0. The summed E-state index contributed by atoms with van der Waals surface area (Å²) in [5.41, 5.74) is 3.30. The maximum Gasteiger partial charge on any atom is 0.192 e. The van der Waals surface area contributed by atoms with E-state index in [9.17, 15) is 0 Å². The molecular weight excluding hydrogens is 358 g/mol. The summed E-state index contributed by atoms with van der Waals surface area (Å²) >= 11 is 1.81. The maximum atomic E-state index is 5.39. The average Bonchev–Trinajstić information content (AvgIpc) is 3.19. The van der Waals surface area contributed by atoms with E-state index in [1.165, 1.54) is 35.1 Å². The minimum Gasteiger partial charge on any atom is -0.387 e. The molecule has 136 valence electrons. The lowest BCUT2D eigenvalue weighted by atomic mass is 10.1. The smallest absolute Gasteiger partial charge is 0.192 e. The van der Waals surface area contributed by atoms with Gasteiger partial charge in [0.2, 0.25) is 0 Å². The van der Waals surface area contributed by atoms with Crippen LogP contribution in [0.2, 0.25) is 0 Å². The first kappa shape index (κ1) is 16.4. The van der Waals surface area contributed by atoms with E-state index in [4.69, 9.17) is 9.82 Å². The van der Waals surface area contributed by atoms with Crippen LogP contribution >= 0.6 is 11.3 Å². The van der Waals surface area contributed by atoms with Crippen molar-refractivity contribution in [2.75, 3.05) is 0 Å². The minimum absolute atomic E-state index is 0.235. The summed E-state index contributed by atoms with van der Waals surface area (Å²) in [5, 5.41) is 9.69. The van der Waals surface area contributed by atoms with Crippen molar-refractivity contribution in [3.05, 3.63) is 58.5 Å². The van der Waals surface area contributed by atoms with Crippen LogP contribution in [0.15, 0.2) is 41.8 Å². The Morgan fingerprint density at radius 2 is 2.04 bits per heavy atom. The Hall–Kier alpha value is -2.80. The van der Waals surface area contributed by atoms with Crippen molar-refractivity contribution in [2.24, 2.45) is 5.16 Å². The molecule has 3 aromatic heterocycles. The van der Waals surface area contributed by atoms with Crippen LogP contribution in [0.1, 0.15) is 41.1 Å². The number of hydrogen-bond donors (Lipinski definition) is 0. The summed E-state index contributed by atoms with van der Waals surface area (Å²) in [5.74, 6) is 0.614. The standard InChI is InChI=1S/C20H19N5OS/c1-3-7-14(8-4-1)11-22-26-12-17-23-19-18-15-9-5-2-6-10-16(15)27-20(18)21-13-25(19)24-17/h1,3-4,7-8,11,13H,2,5-6,9-10,12H2/b22-11-. The zero-order chi connectivity index (χ0) is 18.1. The molecule has 0 unspecified atom stereocenters. The molecule has 0 amide bonds. The van der Waals surface area contributed by atoms with Crippen molar-refractivity contribution in [3.63, 3.8) is 0 Å². The van der Waals surface area contributed by atoms with Gasteiger partial charge in [0, 0.05) is 4.88 Å². The second-order valence-corrected chi connectivity index (χ2v) is 7.79. The van der Waals surface area contributed by atoms with Crippen molar-refractivity contribution >= 4 is 33.4 Å². The fraction of sp³-hybridized carbons (Fsp3) is 0.300. The van der Waals surface area contributed by atoms with Crippen molar-refractivity contribution < 1.29 is 4.84 Å². The monoisotopic (exact) mass is 377 g/mol. The Morgan fingerprint density at radius 1 is 1.15 bits per heavy atom. The first-order valence-electron chi connectivity index (χ1n) is 9.23. The van der Waals surface area contributed by atoms with Gasteiger partial charge in [0.1, 0.15) is 11.2 Å². The zero-order valence-corrected chi connectivity index (χ0v) is 15.7. The quantitative estimate of drug-likeness (QED) is 0.304. The van der Waals surface area contributed by atoms with Gasteiger partial charge in [-0.3, -0.25) is 0 Å². The molecule has 0 radical (unpaired) electrons. The van der Waals surface area contributed by atoms with E-state index in [2.05, 4.69) is 15.2 Å². The molecule has 4 aromatic rings. The van der Waals surface area contributed by atoms with Crippen molar-refractivity contribution in [1.29, 1.82) is 0 Å². The van der Waals surface area contributed by atoms with Crippen molar-refractivity contribution in [3.8, 4) is 0 Å². The third-order valence-electron chi connectivity index (χ3n) is 4.86. The predicted octanol–water partition coefficient (Wildman–Crippen LogP) is 4.16. The number of rotatable bonds is 4. The average molecular weight is 377 g/mol. The van der Waals surface area contributed by atoms with Gasteiger partial charge in [0.15, 0.2) is 18.1 Å². The predicted molar refractivity (Wildman–Crippen MR) is 106 cm³/mol.